The minimum absolute atomic E-state index is 0.0701. The largest absolute Gasteiger partial charge is 0.359 e. The number of likely N-dealkylation sites (N-methyl/N-ethyl adjacent to an activating group) is 1. The van der Waals surface area contributed by atoms with Gasteiger partial charge < -0.3 is 20.9 Å². The number of rotatable bonds is 6. The zero-order valence-electron chi connectivity index (χ0n) is 12.0. The van der Waals surface area contributed by atoms with Crippen LogP contribution in [-0.2, 0) is 4.79 Å². The maximum absolute atomic E-state index is 11.4. The van der Waals surface area contributed by atoms with Gasteiger partial charge in [-0.2, -0.15) is 0 Å². The van der Waals surface area contributed by atoms with Crippen LogP contribution in [0.4, 0.5) is 0 Å². The highest BCUT2D eigenvalue weighted by molar-refractivity contribution is 5.76. The summed E-state index contributed by atoms with van der Waals surface area (Å²) in [5, 5.41) is 2.67. The Morgan fingerprint density at radius 1 is 1.50 bits per heavy atom. The third-order valence-corrected chi connectivity index (χ3v) is 3.98. The molecule has 0 saturated carbocycles. The monoisotopic (exact) mass is 256 g/mol. The molecule has 1 atom stereocenters. The number of amides is 1. The Kier molecular flexibility index (Phi) is 6.60. The topological polar surface area (TPSA) is 61.6 Å². The number of hydrogen-bond acceptors (Lipinski definition) is 4. The van der Waals surface area contributed by atoms with E-state index in [1.807, 2.05) is 0 Å². The molecule has 0 aromatic carbocycles. The number of piperidine rings is 1. The van der Waals surface area contributed by atoms with Gasteiger partial charge in [0.25, 0.3) is 0 Å². The fourth-order valence-electron chi connectivity index (χ4n) is 2.54. The standard InChI is InChI=1S/C13H28N4O/c1-15-13(18)8-12(9-14)17(3)10-11-4-6-16(2)7-5-11/h11-12H,4-10,14H2,1-3H3,(H,15,18). The summed E-state index contributed by atoms with van der Waals surface area (Å²) in [6.07, 6.45) is 2.99. The van der Waals surface area contributed by atoms with Crippen molar-refractivity contribution in [3.63, 3.8) is 0 Å². The predicted octanol–water partition coefficient (Wildman–Crippen LogP) is -0.277. The summed E-state index contributed by atoms with van der Waals surface area (Å²) in [5.41, 5.74) is 5.77. The Morgan fingerprint density at radius 2 is 2.11 bits per heavy atom. The van der Waals surface area contributed by atoms with Crippen molar-refractivity contribution in [3.05, 3.63) is 0 Å². The van der Waals surface area contributed by atoms with Crippen molar-refractivity contribution >= 4 is 5.91 Å². The molecule has 1 amide bonds. The molecule has 1 heterocycles. The molecule has 1 unspecified atom stereocenters. The second-order valence-corrected chi connectivity index (χ2v) is 5.45. The van der Waals surface area contributed by atoms with Crippen molar-refractivity contribution in [2.75, 3.05) is 47.3 Å². The summed E-state index contributed by atoms with van der Waals surface area (Å²) in [6.45, 7) is 3.95. The lowest BCUT2D eigenvalue weighted by molar-refractivity contribution is -0.121. The van der Waals surface area contributed by atoms with Gasteiger partial charge in [-0.15, -0.1) is 0 Å². The third-order valence-electron chi connectivity index (χ3n) is 3.98. The number of nitrogens with two attached hydrogens (primary N) is 1. The fraction of sp³-hybridized carbons (Fsp3) is 0.923. The molecule has 5 nitrogen and oxygen atoms in total. The Balaban J connectivity index is 2.37. The first-order chi connectivity index (χ1) is 8.56. The highest BCUT2D eigenvalue weighted by Crippen LogP contribution is 2.18. The number of nitrogens with one attached hydrogen (secondary N) is 1. The van der Waals surface area contributed by atoms with Crippen molar-refractivity contribution in [1.29, 1.82) is 0 Å². The lowest BCUT2D eigenvalue weighted by Crippen LogP contribution is -2.45. The van der Waals surface area contributed by atoms with Crippen molar-refractivity contribution in [1.82, 2.24) is 15.1 Å². The van der Waals surface area contributed by atoms with E-state index in [2.05, 4.69) is 29.2 Å². The molecule has 0 aromatic rings. The predicted molar refractivity (Wildman–Crippen MR) is 74.4 cm³/mol. The lowest BCUT2D eigenvalue weighted by atomic mass is 9.96. The Labute approximate surface area is 111 Å². The van der Waals surface area contributed by atoms with Gasteiger partial charge >= 0.3 is 0 Å². The van der Waals surface area contributed by atoms with Crippen LogP contribution in [0.3, 0.4) is 0 Å². The molecule has 1 rings (SSSR count). The van der Waals surface area contributed by atoms with Crippen LogP contribution >= 0.6 is 0 Å². The molecule has 5 heteroatoms. The molecule has 0 aliphatic carbocycles. The molecular formula is C13H28N4O. The summed E-state index contributed by atoms with van der Waals surface area (Å²) in [6, 6.07) is 0.157. The van der Waals surface area contributed by atoms with Crippen LogP contribution in [0, 0.1) is 5.92 Å². The van der Waals surface area contributed by atoms with Gasteiger partial charge in [0.2, 0.25) is 5.91 Å². The van der Waals surface area contributed by atoms with Crippen molar-refractivity contribution in [3.8, 4) is 0 Å². The second kappa shape index (κ2) is 7.71. The molecule has 1 aliphatic heterocycles. The van der Waals surface area contributed by atoms with Gasteiger partial charge in [-0.3, -0.25) is 4.79 Å². The zero-order chi connectivity index (χ0) is 13.5. The Morgan fingerprint density at radius 3 is 2.61 bits per heavy atom. The van der Waals surface area contributed by atoms with E-state index in [1.54, 1.807) is 7.05 Å². The summed E-state index contributed by atoms with van der Waals surface area (Å²) in [4.78, 5) is 16.1. The highest BCUT2D eigenvalue weighted by Gasteiger charge is 2.22. The molecule has 3 N–H and O–H groups in total. The van der Waals surface area contributed by atoms with Crippen LogP contribution in [0.1, 0.15) is 19.3 Å². The second-order valence-electron chi connectivity index (χ2n) is 5.45. The molecule has 1 fully saturated rings. The van der Waals surface area contributed by atoms with Crippen molar-refractivity contribution < 1.29 is 4.79 Å². The van der Waals surface area contributed by atoms with E-state index in [0.29, 0.717) is 13.0 Å². The van der Waals surface area contributed by atoms with E-state index in [4.69, 9.17) is 5.73 Å². The first-order valence-corrected chi connectivity index (χ1v) is 6.86. The van der Waals surface area contributed by atoms with Crippen molar-refractivity contribution in [2.24, 2.45) is 11.7 Å². The van der Waals surface area contributed by atoms with Gasteiger partial charge in [0, 0.05) is 32.6 Å². The summed E-state index contributed by atoms with van der Waals surface area (Å²) < 4.78 is 0. The normalized spacial score (nSPS) is 20.1. The minimum Gasteiger partial charge on any atom is -0.359 e. The van der Waals surface area contributed by atoms with E-state index in [-0.39, 0.29) is 11.9 Å². The van der Waals surface area contributed by atoms with Crippen LogP contribution in [0.25, 0.3) is 0 Å². The van der Waals surface area contributed by atoms with E-state index in [0.717, 1.165) is 12.5 Å². The van der Waals surface area contributed by atoms with Crippen LogP contribution in [-0.4, -0.2) is 69.1 Å². The van der Waals surface area contributed by atoms with Gasteiger partial charge in [0.1, 0.15) is 0 Å². The van der Waals surface area contributed by atoms with E-state index in [1.165, 1.54) is 25.9 Å². The molecule has 0 bridgehead atoms. The van der Waals surface area contributed by atoms with E-state index >= 15 is 0 Å². The van der Waals surface area contributed by atoms with Crippen LogP contribution in [0.5, 0.6) is 0 Å². The fourth-order valence-corrected chi connectivity index (χ4v) is 2.54. The van der Waals surface area contributed by atoms with Gasteiger partial charge in [-0.05, 0) is 45.9 Å². The summed E-state index contributed by atoms with van der Waals surface area (Å²) >= 11 is 0. The zero-order valence-corrected chi connectivity index (χ0v) is 12.0. The highest BCUT2D eigenvalue weighted by atomic mass is 16.1. The number of hydrogen-bond donors (Lipinski definition) is 2. The first-order valence-electron chi connectivity index (χ1n) is 6.86. The number of carbonyl (C=O) groups is 1. The molecule has 1 aliphatic rings. The van der Waals surface area contributed by atoms with Crippen molar-refractivity contribution in [2.45, 2.75) is 25.3 Å². The molecule has 18 heavy (non-hydrogen) atoms. The SMILES string of the molecule is CNC(=O)CC(CN)N(C)CC1CCN(C)CC1. The quantitative estimate of drug-likeness (QED) is 0.686. The number of likely N-dealkylation sites (tertiary alicyclic amines) is 1. The maximum atomic E-state index is 11.4. The molecule has 0 aromatic heterocycles. The molecule has 106 valence electrons. The molecule has 0 radical (unpaired) electrons. The third kappa shape index (κ3) is 4.92. The van der Waals surface area contributed by atoms with Gasteiger partial charge in [0.15, 0.2) is 0 Å². The Hall–Kier alpha value is -0.650. The molecule has 0 spiro atoms. The molecular weight excluding hydrogens is 228 g/mol. The van der Waals surface area contributed by atoms with Gasteiger partial charge in [-0.1, -0.05) is 0 Å². The first kappa shape index (κ1) is 15.4. The summed E-state index contributed by atoms with van der Waals surface area (Å²) in [7, 11) is 5.93. The Bertz CT molecular complexity index is 251. The number of nitrogens with zero attached hydrogens (tertiary/aromatic N) is 2. The maximum Gasteiger partial charge on any atom is 0.221 e. The van der Waals surface area contributed by atoms with Gasteiger partial charge in [0.05, 0.1) is 0 Å². The minimum atomic E-state index is 0.0701. The summed E-state index contributed by atoms with van der Waals surface area (Å²) in [5.74, 6) is 0.811. The van der Waals surface area contributed by atoms with Crippen LogP contribution in [0.15, 0.2) is 0 Å². The van der Waals surface area contributed by atoms with Crippen LogP contribution in [0.2, 0.25) is 0 Å². The van der Waals surface area contributed by atoms with E-state index in [9.17, 15) is 4.79 Å². The average Bonchev–Trinajstić information content (AvgIpc) is 2.38. The lowest BCUT2D eigenvalue weighted by Gasteiger charge is -2.34. The van der Waals surface area contributed by atoms with Crippen LogP contribution < -0.4 is 11.1 Å². The average molecular weight is 256 g/mol. The van der Waals surface area contributed by atoms with Gasteiger partial charge in [-0.25, -0.2) is 0 Å². The molecule has 1 saturated heterocycles. The smallest absolute Gasteiger partial charge is 0.221 e. The number of carbonyl (C=O) groups excluding carboxylic acids is 1. The van der Waals surface area contributed by atoms with E-state index < -0.39 is 0 Å².